The van der Waals surface area contributed by atoms with Crippen molar-refractivity contribution in [3.63, 3.8) is 0 Å². The van der Waals surface area contributed by atoms with Gasteiger partial charge in [-0.1, -0.05) is 31.2 Å². The third-order valence-electron chi connectivity index (χ3n) is 4.79. The number of anilines is 1. The molecule has 158 valence electrons. The number of benzene rings is 2. The highest BCUT2D eigenvalue weighted by atomic mass is 32.2. The molecule has 0 unspecified atom stereocenters. The number of hydrogen-bond acceptors (Lipinski definition) is 3. The molecule has 0 saturated heterocycles. The summed E-state index contributed by atoms with van der Waals surface area (Å²) in [5.41, 5.74) is 3.24. The van der Waals surface area contributed by atoms with Gasteiger partial charge in [-0.25, -0.2) is 12.8 Å². The van der Waals surface area contributed by atoms with Gasteiger partial charge < -0.3 is 5.32 Å². The number of hydrogen-bond donors (Lipinski definition) is 1. The first-order valence-corrected chi connectivity index (χ1v) is 11.6. The molecule has 2 aromatic rings. The van der Waals surface area contributed by atoms with Crippen LogP contribution < -0.4 is 9.62 Å². The Kier molecular flexibility index (Phi) is 7.79. The van der Waals surface area contributed by atoms with E-state index in [1.54, 1.807) is 25.1 Å². The maximum Gasteiger partial charge on any atom is 0.243 e. The largest absolute Gasteiger partial charge is 0.354 e. The van der Waals surface area contributed by atoms with E-state index < -0.39 is 16.1 Å². The number of aryl methyl sites for hydroxylation is 3. The molecule has 0 heterocycles. The van der Waals surface area contributed by atoms with Crippen molar-refractivity contribution >= 4 is 21.6 Å². The molecule has 1 atom stereocenters. The fourth-order valence-electron chi connectivity index (χ4n) is 3.27. The summed E-state index contributed by atoms with van der Waals surface area (Å²) in [6.45, 7) is 5.93. The van der Waals surface area contributed by atoms with E-state index in [1.165, 1.54) is 16.4 Å². The van der Waals surface area contributed by atoms with E-state index in [2.05, 4.69) is 5.32 Å². The number of carbonyl (C=O) groups is 1. The summed E-state index contributed by atoms with van der Waals surface area (Å²) >= 11 is 0. The van der Waals surface area contributed by atoms with Gasteiger partial charge >= 0.3 is 0 Å². The lowest BCUT2D eigenvalue weighted by Gasteiger charge is -2.31. The highest BCUT2D eigenvalue weighted by Gasteiger charge is 2.32. The molecule has 2 aromatic carbocycles. The summed E-state index contributed by atoms with van der Waals surface area (Å²) < 4.78 is 39.3. The van der Waals surface area contributed by atoms with E-state index in [4.69, 9.17) is 0 Å². The highest BCUT2D eigenvalue weighted by molar-refractivity contribution is 7.92. The van der Waals surface area contributed by atoms with Crippen LogP contribution in [-0.4, -0.2) is 33.2 Å². The minimum absolute atomic E-state index is 0.278. The average Bonchev–Trinajstić information content (AvgIpc) is 2.65. The maximum absolute atomic E-state index is 13.0. The lowest BCUT2D eigenvalue weighted by Crippen LogP contribution is -2.49. The van der Waals surface area contributed by atoms with Gasteiger partial charge in [-0.15, -0.1) is 0 Å². The molecule has 5 nitrogen and oxygen atoms in total. The molecular formula is C22H29FN2O3S. The quantitative estimate of drug-likeness (QED) is 0.629. The van der Waals surface area contributed by atoms with Crippen LogP contribution in [0.5, 0.6) is 0 Å². The minimum atomic E-state index is -3.65. The number of carbonyl (C=O) groups excluding carboxylic acids is 1. The standard InChI is InChI=1S/C22H29FN2O3S/c1-5-20(22(26)24-14-6-7-18-10-12-19(23)13-11-18)25(29(4,27)28)21-15-16(2)8-9-17(21)3/h8-13,15,20H,5-7,14H2,1-4H3,(H,24,26)/t20-/m0/s1. The Morgan fingerprint density at radius 2 is 1.79 bits per heavy atom. The van der Waals surface area contributed by atoms with Crippen LogP contribution in [-0.2, 0) is 21.2 Å². The van der Waals surface area contributed by atoms with Crippen molar-refractivity contribution < 1.29 is 17.6 Å². The summed E-state index contributed by atoms with van der Waals surface area (Å²) in [5, 5.41) is 2.85. The lowest BCUT2D eigenvalue weighted by atomic mass is 10.1. The second-order valence-electron chi connectivity index (χ2n) is 7.29. The second kappa shape index (κ2) is 9.87. The van der Waals surface area contributed by atoms with E-state index in [0.717, 1.165) is 22.9 Å². The van der Waals surface area contributed by atoms with Gasteiger partial charge in [0.15, 0.2) is 0 Å². The van der Waals surface area contributed by atoms with Gasteiger partial charge in [-0.2, -0.15) is 0 Å². The van der Waals surface area contributed by atoms with Crippen LogP contribution in [0.15, 0.2) is 42.5 Å². The number of sulfonamides is 1. The average molecular weight is 421 g/mol. The first kappa shape index (κ1) is 22.9. The molecule has 0 aliphatic rings. The summed E-state index contributed by atoms with van der Waals surface area (Å²) in [7, 11) is -3.65. The summed E-state index contributed by atoms with van der Waals surface area (Å²) in [6, 6.07) is 11.0. The van der Waals surface area contributed by atoms with E-state index in [0.29, 0.717) is 31.5 Å². The SMILES string of the molecule is CC[C@@H](C(=O)NCCCc1ccc(F)cc1)N(c1cc(C)ccc1C)S(C)(=O)=O. The van der Waals surface area contributed by atoms with E-state index in [-0.39, 0.29) is 11.7 Å². The summed E-state index contributed by atoms with van der Waals surface area (Å²) in [4.78, 5) is 12.8. The lowest BCUT2D eigenvalue weighted by molar-refractivity contribution is -0.122. The molecule has 0 bridgehead atoms. The molecule has 0 fully saturated rings. The number of nitrogens with zero attached hydrogens (tertiary/aromatic N) is 1. The fourth-order valence-corrected chi connectivity index (χ4v) is 4.53. The zero-order chi connectivity index (χ0) is 21.6. The Morgan fingerprint density at radius 1 is 1.14 bits per heavy atom. The Bertz CT molecular complexity index is 943. The van der Waals surface area contributed by atoms with Crippen molar-refractivity contribution in [3.05, 3.63) is 65.0 Å². The van der Waals surface area contributed by atoms with Crippen molar-refractivity contribution in [1.82, 2.24) is 5.32 Å². The van der Waals surface area contributed by atoms with Gasteiger partial charge in [0.05, 0.1) is 11.9 Å². The van der Waals surface area contributed by atoms with Crippen molar-refractivity contribution in [1.29, 1.82) is 0 Å². The number of nitrogens with one attached hydrogen (secondary N) is 1. The number of rotatable bonds is 9. The van der Waals surface area contributed by atoms with Crippen LogP contribution in [0.3, 0.4) is 0 Å². The van der Waals surface area contributed by atoms with Crippen LogP contribution in [0.1, 0.15) is 36.5 Å². The fraction of sp³-hybridized carbons (Fsp3) is 0.409. The van der Waals surface area contributed by atoms with E-state index >= 15 is 0 Å². The normalized spacial score (nSPS) is 12.4. The summed E-state index contributed by atoms with van der Waals surface area (Å²) in [6.07, 6.45) is 2.85. The van der Waals surface area contributed by atoms with Crippen LogP contribution in [0.4, 0.5) is 10.1 Å². The Labute approximate surface area is 173 Å². The molecule has 0 aliphatic heterocycles. The predicted octanol–water partition coefficient (Wildman–Crippen LogP) is 3.74. The molecule has 1 N–H and O–H groups in total. The van der Waals surface area contributed by atoms with Gasteiger partial charge in [0, 0.05) is 6.54 Å². The molecule has 0 spiro atoms. The predicted molar refractivity (Wildman–Crippen MR) is 115 cm³/mol. The molecule has 0 radical (unpaired) electrons. The topological polar surface area (TPSA) is 66.5 Å². The van der Waals surface area contributed by atoms with Crippen LogP contribution in [0.25, 0.3) is 0 Å². The van der Waals surface area contributed by atoms with E-state index in [1.807, 2.05) is 26.0 Å². The van der Waals surface area contributed by atoms with E-state index in [9.17, 15) is 17.6 Å². The highest BCUT2D eigenvalue weighted by Crippen LogP contribution is 2.27. The first-order chi connectivity index (χ1) is 13.6. The summed E-state index contributed by atoms with van der Waals surface area (Å²) in [5.74, 6) is -0.599. The van der Waals surface area contributed by atoms with Crippen molar-refractivity contribution in [2.75, 3.05) is 17.1 Å². The van der Waals surface area contributed by atoms with Crippen LogP contribution in [0, 0.1) is 19.7 Å². The molecule has 1 amide bonds. The van der Waals surface area contributed by atoms with Gasteiger partial charge in [-0.3, -0.25) is 9.10 Å². The van der Waals surface area contributed by atoms with Gasteiger partial charge in [0.25, 0.3) is 0 Å². The van der Waals surface area contributed by atoms with Crippen LogP contribution in [0.2, 0.25) is 0 Å². The molecule has 2 rings (SSSR count). The van der Waals surface area contributed by atoms with Crippen molar-refractivity contribution in [2.24, 2.45) is 0 Å². The third-order valence-corrected chi connectivity index (χ3v) is 5.95. The van der Waals surface area contributed by atoms with Gasteiger partial charge in [-0.05, 0) is 68.0 Å². The third kappa shape index (κ3) is 6.29. The molecule has 0 aromatic heterocycles. The monoisotopic (exact) mass is 420 g/mol. The maximum atomic E-state index is 13.0. The van der Waals surface area contributed by atoms with Crippen LogP contribution >= 0.6 is 0 Å². The zero-order valence-corrected chi connectivity index (χ0v) is 18.2. The molecular weight excluding hydrogens is 391 g/mol. The minimum Gasteiger partial charge on any atom is -0.354 e. The second-order valence-corrected chi connectivity index (χ2v) is 9.15. The van der Waals surface area contributed by atoms with Gasteiger partial charge in [0.2, 0.25) is 15.9 Å². The smallest absolute Gasteiger partial charge is 0.243 e. The molecule has 0 saturated carbocycles. The number of halogens is 1. The molecule has 0 aliphatic carbocycles. The zero-order valence-electron chi connectivity index (χ0n) is 17.4. The molecule has 29 heavy (non-hydrogen) atoms. The Morgan fingerprint density at radius 3 is 2.38 bits per heavy atom. The van der Waals surface area contributed by atoms with Crippen molar-refractivity contribution in [3.8, 4) is 0 Å². The molecule has 7 heteroatoms. The number of amides is 1. The van der Waals surface area contributed by atoms with Gasteiger partial charge in [0.1, 0.15) is 11.9 Å². The van der Waals surface area contributed by atoms with Crippen molar-refractivity contribution in [2.45, 2.75) is 46.1 Å². The Hall–Kier alpha value is -2.41. The Balaban J connectivity index is 2.10. The first-order valence-electron chi connectivity index (χ1n) is 9.72.